The molecule has 0 saturated carbocycles. The predicted octanol–water partition coefficient (Wildman–Crippen LogP) is 2.29. The van der Waals surface area contributed by atoms with Crippen molar-refractivity contribution in [3.8, 4) is 0 Å². The lowest BCUT2D eigenvalue weighted by Gasteiger charge is -2.04. The van der Waals surface area contributed by atoms with Gasteiger partial charge in [-0.25, -0.2) is 4.79 Å². The van der Waals surface area contributed by atoms with Crippen molar-refractivity contribution in [1.82, 2.24) is 0 Å². The molecule has 0 rings (SSSR count). The number of ether oxygens (including phenoxy) is 1. The van der Waals surface area contributed by atoms with Gasteiger partial charge in [0.1, 0.15) is 0 Å². The van der Waals surface area contributed by atoms with Gasteiger partial charge in [-0.15, -0.1) is 0 Å². The van der Waals surface area contributed by atoms with Crippen molar-refractivity contribution in [3.05, 3.63) is 0 Å². The quantitative estimate of drug-likeness (QED) is 0.367. The fourth-order valence-electron chi connectivity index (χ4n) is 1.11. The summed E-state index contributed by atoms with van der Waals surface area (Å²) in [7, 11) is 1.09. The van der Waals surface area contributed by atoms with Gasteiger partial charge in [0, 0.05) is 0 Å². The Labute approximate surface area is 95.0 Å². The summed E-state index contributed by atoms with van der Waals surface area (Å²) in [6.45, 7) is 4.99. The average molecular weight is 235 g/mol. The Balaban J connectivity index is 3.13. The van der Waals surface area contributed by atoms with Crippen LogP contribution in [0.15, 0.2) is 0 Å². The van der Waals surface area contributed by atoms with E-state index in [2.05, 4.69) is 25.0 Å². The summed E-state index contributed by atoms with van der Waals surface area (Å²) in [5.41, 5.74) is 0. The van der Waals surface area contributed by atoms with Gasteiger partial charge in [-0.05, 0) is 12.3 Å². The zero-order valence-electron chi connectivity index (χ0n) is 8.95. The summed E-state index contributed by atoms with van der Waals surface area (Å²) in [6, 6.07) is 0. The van der Waals surface area contributed by atoms with Crippen LogP contribution >= 0.6 is 0 Å². The monoisotopic (exact) mass is 235 g/mol. The van der Waals surface area contributed by atoms with Gasteiger partial charge in [0.25, 0.3) is 27.3 Å². The van der Waals surface area contributed by atoms with Crippen LogP contribution in [0.25, 0.3) is 0 Å². The maximum Gasteiger partial charge on any atom is 0.367 e. The second kappa shape index (κ2) is 9.46. The lowest BCUT2D eigenvalue weighted by atomic mass is 10.1. The summed E-state index contributed by atoms with van der Waals surface area (Å²) in [6.07, 6.45) is 4.61. The van der Waals surface area contributed by atoms with Gasteiger partial charge in [-0.2, -0.15) is 0 Å². The molecule has 0 atom stereocenters. The van der Waals surface area contributed by atoms with Crippen molar-refractivity contribution in [2.45, 2.75) is 39.5 Å². The van der Waals surface area contributed by atoms with Crippen molar-refractivity contribution in [1.29, 1.82) is 0 Å². The van der Waals surface area contributed by atoms with Crippen LogP contribution < -0.4 is 0 Å². The van der Waals surface area contributed by atoms with E-state index in [9.17, 15) is 4.79 Å². The van der Waals surface area contributed by atoms with E-state index in [0.717, 1.165) is 29.1 Å². The van der Waals surface area contributed by atoms with Crippen molar-refractivity contribution in [2.24, 2.45) is 5.92 Å². The van der Waals surface area contributed by atoms with E-state index >= 15 is 0 Å². The average Bonchev–Trinajstić information content (AvgIpc) is 2.11. The molecule has 0 aliphatic heterocycles. The van der Waals surface area contributed by atoms with E-state index in [0.29, 0.717) is 12.4 Å². The number of unbranched alkanes of at least 4 members (excludes halogenated alkanes) is 2. The Bertz CT molecular complexity index is 170. The molecule has 0 radical (unpaired) electrons. The maximum absolute atomic E-state index is 10.9. The number of esters is 1. The zero-order valence-corrected chi connectivity index (χ0v) is 10.6. The van der Waals surface area contributed by atoms with E-state index in [4.69, 9.17) is 4.74 Å². The van der Waals surface area contributed by atoms with Crippen LogP contribution in [-0.4, -0.2) is 18.3 Å². The summed E-state index contributed by atoms with van der Waals surface area (Å²) in [5.74, 6) is 0.879. The van der Waals surface area contributed by atoms with Crippen LogP contribution in [0.3, 0.4) is 0 Å². The third-order valence-corrected chi connectivity index (χ3v) is 2.57. The summed E-state index contributed by atoms with van der Waals surface area (Å²) >= 11 is 4.59. The largest absolute Gasteiger partial charge is 0.462 e. The van der Waals surface area contributed by atoms with E-state index in [1.165, 1.54) is 12.8 Å². The van der Waals surface area contributed by atoms with E-state index in [1.54, 1.807) is 0 Å². The van der Waals surface area contributed by atoms with Crippen LogP contribution in [0, 0.1) is 5.92 Å². The topological polar surface area (TPSA) is 26.3 Å². The minimum absolute atomic E-state index is 0.186. The number of hydrogen-bond donors (Lipinski definition) is 0. The first-order chi connectivity index (χ1) is 6.66. The Morgan fingerprint density at radius 3 is 2.64 bits per heavy atom. The first-order valence-corrected chi connectivity index (χ1v) is 6.98. The molecule has 82 valence electrons. The molecule has 0 saturated heterocycles. The van der Waals surface area contributed by atoms with Crippen molar-refractivity contribution < 1.29 is 9.53 Å². The first-order valence-electron chi connectivity index (χ1n) is 5.07. The fourth-order valence-corrected chi connectivity index (χ4v) is 1.58. The Hall–Kier alpha value is -0.0900. The second-order valence-electron chi connectivity index (χ2n) is 3.73. The highest BCUT2D eigenvalue weighted by atomic mass is 32.8. The van der Waals surface area contributed by atoms with E-state index in [1.807, 2.05) is 0 Å². The Morgan fingerprint density at radius 1 is 1.36 bits per heavy atom. The third-order valence-electron chi connectivity index (χ3n) is 1.87. The van der Waals surface area contributed by atoms with Gasteiger partial charge in [-0.3, -0.25) is 0 Å². The van der Waals surface area contributed by atoms with E-state index < -0.39 is 0 Å². The molecule has 0 aromatic rings. The van der Waals surface area contributed by atoms with E-state index in [-0.39, 0.29) is 5.97 Å². The van der Waals surface area contributed by atoms with Crippen LogP contribution in [-0.2, 0) is 31.0 Å². The molecule has 0 spiro atoms. The first kappa shape index (κ1) is 13.9. The maximum atomic E-state index is 10.9. The molecule has 0 bridgehead atoms. The van der Waals surface area contributed by atoms with Crippen molar-refractivity contribution in [2.75, 3.05) is 12.4 Å². The second-order valence-corrected chi connectivity index (χ2v) is 4.96. The lowest BCUT2D eigenvalue weighted by molar-refractivity contribution is -0.140. The lowest BCUT2D eigenvalue weighted by Crippen LogP contribution is -2.09. The van der Waals surface area contributed by atoms with Crippen LogP contribution in [0.2, 0.25) is 0 Å². The molecule has 0 aliphatic rings. The highest BCUT2D eigenvalue weighted by Gasteiger charge is 2.07. The Morgan fingerprint density at radius 2 is 2.07 bits per heavy atom. The summed E-state index contributed by atoms with van der Waals surface area (Å²) in [5, 5.41) is 0. The predicted molar refractivity (Wildman–Crippen MR) is 63.9 cm³/mol. The van der Waals surface area contributed by atoms with Crippen LogP contribution in [0.5, 0.6) is 0 Å². The molecule has 2 nitrogen and oxygen atoms in total. The molecule has 0 unspecified atom stereocenters. The minimum Gasteiger partial charge on any atom is -0.462 e. The van der Waals surface area contributed by atoms with Gasteiger partial charge < -0.3 is 4.74 Å². The standard InChI is InChI=1S/C10H19O2S2/c1-9(2)6-4-3-5-7-12-10(11)8-14-13/h9H,3-8H2,1-2H3/q+1. The van der Waals surface area contributed by atoms with Crippen molar-refractivity contribution in [3.63, 3.8) is 0 Å². The molecule has 14 heavy (non-hydrogen) atoms. The van der Waals surface area contributed by atoms with Gasteiger partial charge in [-0.1, -0.05) is 33.1 Å². The Kier molecular flexibility index (Phi) is 9.40. The van der Waals surface area contributed by atoms with Crippen LogP contribution in [0.4, 0.5) is 0 Å². The smallest absolute Gasteiger partial charge is 0.367 e. The van der Waals surface area contributed by atoms with Crippen molar-refractivity contribution >= 4 is 27.5 Å². The van der Waals surface area contributed by atoms with Crippen LogP contribution in [0.1, 0.15) is 39.5 Å². The van der Waals surface area contributed by atoms with Gasteiger partial charge in [0.05, 0.1) is 6.61 Å². The molecule has 0 amide bonds. The molecular weight excluding hydrogens is 216 g/mol. The number of hydrogen-bond acceptors (Lipinski definition) is 3. The molecule has 0 N–H and O–H groups in total. The zero-order chi connectivity index (χ0) is 10.8. The number of carbonyl (C=O) groups is 1. The van der Waals surface area contributed by atoms with Gasteiger partial charge >= 0.3 is 5.97 Å². The molecule has 0 aromatic heterocycles. The highest BCUT2D eigenvalue weighted by molar-refractivity contribution is 8.18. The molecule has 4 heteroatoms. The molecule has 0 fully saturated rings. The summed E-state index contributed by atoms with van der Waals surface area (Å²) < 4.78 is 4.96. The summed E-state index contributed by atoms with van der Waals surface area (Å²) in [4.78, 5) is 10.9. The van der Waals surface area contributed by atoms with Gasteiger partial charge in [0.15, 0.2) is 0 Å². The molecule has 0 aliphatic carbocycles. The molecule has 0 heterocycles. The minimum atomic E-state index is -0.186. The SMILES string of the molecule is CC(C)CCCCCOC(=O)C[S+]=S. The molecule has 0 aromatic carbocycles. The third kappa shape index (κ3) is 9.99. The number of carbonyl (C=O) groups excluding carboxylic acids is 1. The molecular formula is C10H19O2S2+. The fraction of sp³-hybridized carbons (Fsp3) is 0.900. The van der Waals surface area contributed by atoms with Gasteiger partial charge in [0.2, 0.25) is 0 Å². The number of rotatable bonds is 8. The normalized spacial score (nSPS) is 10.2. The highest BCUT2D eigenvalue weighted by Crippen LogP contribution is 2.07.